The minimum absolute atomic E-state index is 0.247. The van der Waals surface area contributed by atoms with Crippen LogP contribution < -0.4 is 15.8 Å². The molecule has 0 saturated heterocycles. The fourth-order valence-corrected chi connectivity index (χ4v) is 1.83. The van der Waals surface area contributed by atoms with Gasteiger partial charge in [-0.1, -0.05) is 6.07 Å². The summed E-state index contributed by atoms with van der Waals surface area (Å²) >= 11 is 0. The number of benzene rings is 1. The van der Waals surface area contributed by atoms with Gasteiger partial charge in [-0.15, -0.1) is 0 Å². The number of methoxy groups -OCH3 is 2. The van der Waals surface area contributed by atoms with Gasteiger partial charge in [0.2, 0.25) is 0 Å². The number of nitrogen functional groups attached to an aromatic ring is 1. The summed E-state index contributed by atoms with van der Waals surface area (Å²) in [4.78, 5) is 8.33. The lowest BCUT2D eigenvalue weighted by atomic mass is 10.2. The molecule has 108 valence electrons. The van der Waals surface area contributed by atoms with Crippen LogP contribution in [0.3, 0.4) is 0 Å². The first-order chi connectivity index (χ1) is 10.2. The van der Waals surface area contributed by atoms with E-state index in [0.29, 0.717) is 34.5 Å². The topological polar surface area (TPSA) is 106 Å². The summed E-state index contributed by atoms with van der Waals surface area (Å²) in [6.07, 6.45) is 0. The third-order valence-electron chi connectivity index (χ3n) is 2.69. The molecule has 0 fully saturated rings. The molecule has 1 heterocycles. The third kappa shape index (κ3) is 3.38. The van der Waals surface area contributed by atoms with E-state index in [4.69, 9.17) is 15.2 Å². The van der Waals surface area contributed by atoms with Gasteiger partial charge in [0, 0.05) is 13.2 Å². The molecule has 1 aromatic carbocycles. The summed E-state index contributed by atoms with van der Waals surface area (Å²) in [6, 6.07) is 8.86. The molecular formula is C14H15N5O2. The molecule has 3 N–H and O–H groups in total. The van der Waals surface area contributed by atoms with E-state index in [9.17, 15) is 5.26 Å². The highest BCUT2D eigenvalue weighted by molar-refractivity contribution is 5.72. The van der Waals surface area contributed by atoms with Gasteiger partial charge in [0.15, 0.2) is 5.82 Å². The Morgan fingerprint density at radius 1 is 1.33 bits per heavy atom. The van der Waals surface area contributed by atoms with Crippen molar-refractivity contribution in [2.24, 2.45) is 0 Å². The van der Waals surface area contributed by atoms with Gasteiger partial charge in [-0.05, 0) is 12.1 Å². The van der Waals surface area contributed by atoms with Crippen molar-refractivity contribution in [2.45, 2.75) is 6.61 Å². The number of nitriles is 1. The Morgan fingerprint density at radius 3 is 2.81 bits per heavy atom. The zero-order chi connectivity index (χ0) is 15.2. The first-order valence-corrected chi connectivity index (χ1v) is 6.14. The smallest absolute Gasteiger partial charge is 0.158 e. The Hall–Kier alpha value is -2.85. The van der Waals surface area contributed by atoms with E-state index in [1.165, 1.54) is 7.11 Å². The quantitative estimate of drug-likeness (QED) is 0.863. The van der Waals surface area contributed by atoms with Gasteiger partial charge in [-0.2, -0.15) is 5.26 Å². The Bertz CT molecular complexity index is 682. The highest BCUT2D eigenvalue weighted by Crippen LogP contribution is 2.30. The molecule has 0 spiro atoms. The highest BCUT2D eigenvalue weighted by Gasteiger charge is 2.11. The summed E-state index contributed by atoms with van der Waals surface area (Å²) in [6.45, 7) is 0.247. The molecule has 0 radical (unpaired) electrons. The Labute approximate surface area is 122 Å². The van der Waals surface area contributed by atoms with Gasteiger partial charge in [-0.3, -0.25) is 0 Å². The zero-order valence-corrected chi connectivity index (χ0v) is 11.8. The first-order valence-electron chi connectivity index (χ1n) is 6.14. The van der Waals surface area contributed by atoms with Crippen LogP contribution in [0.2, 0.25) is 0 Å². The number of ether oxygens (including phenoxy) is 2. The Kier molecular flexibility index (Phi) is 4.53. The van der Waals surface area contributed by atoms with Crippen molar-refractivity contribution in [3.05, 3.63) is 35.7 Å². The molecule has 0 bridgehead atoms. The Balaban J connectivity index is 2.40. The van der Waals surface area contributed by atoms with E-state index in [0.717, 1.165) is 0 Å². The van der Waals surface area contributed by atoms with Gasteiger partial charge in [-0.25, -0.2) is 9.97 Å². The SMILES string of the molecule is COCc1nc(N)cc(Nc2c(C#N)cccc2OC)n1. The third-order valence-corrected chi connectivity index (χ3v) is 2.69. The number of nitrogens with two attached hydrogens (primary N) is 1. The molecule has 7 heteroatoms. The van der Waals surface area contributed by atoms with Crippen LogP contribution >= 0.6 is 0 Å². The molecule has 0 atom stereocenters. The highest BCUT2D eigenvalue weighted by atomic mass is 16.5. The summed E-state index contributed by atoms with van der Waals surface area (Å²) < 4.78 is 10.2. The molecule has 0 saturated carbocycles. The van der Waals surface area contributed by atoms with Crippen molar-refractivity contribution in [1.29, 1.82) is 5.26 Å². The van der Waals surface area contributed by atoms with Gasteiger partial charge in [0.05, 0.1) is 12.7 Å². The van der Waals surface area contributed by atoms with Gasteiger partial charge in [0.25, 0.3) is 0 Å². The van der Waals surface area contributed by atoms with Crippen molar-refractivity contribution >= 4 is 17.3 Å². The molecule has 0 amide bonds. The minimum atomic E-state index is 0.247. The molecule has 0 aliphatic rings. The fourth-order valence-electron chi connectivity index (χ4n) is 1.83. The van der Waals surface area contributed by atoms with Gasteiger partial charge < -0.3 is 20.5 Å². The van der Waals surface area contributed by atoms with Crippen LogP contribution in [-0.2, 0) is 11.3 Å². The predicted molar refractivity (Wildman–Crippen MR) is 78.1 cm³/mol. The second kappa shape index (κ2) is 6.54. The van der Waals surface area contributed by atoms with Crippen molar-refractivity contribution in [3.63, 3.8) is 0 Å². The number of nitrogens with one attached hydrogen (secondary N) is 1. The van der Waals surface area contributed by atoms with E-state index >= 15 is 0 Å². The summed E-state index contributed by atoms with van der Waals surface area (Å²) in [7, 11) is 3.08. The molecular weight excluding hydrogens is 270 g/mol. The van der Waals surface area contributed by atoms with Gasteiger partial charge >= 0.3 is 0 Å². The molecule has 1 aromatic heterocycles. The number of hydrogen-bond donors (Lipinski definition) is 2. The van der Waals surface area contributed by atoms with E-state index in [-0.39, 0.29) is 6.61 Å². The van der Waals surface area contributed by atoms with Crippen molar-refractivity contribution in [2.75, 3.05) is 25.3 Å². The van der Waals surface area contributed by atoms with E-state index in [2.05, 4.69) is 21.4 Å². The number of aromatic nitrogens is 2. The fraction of sp³-hybridized carbons (Fsp3) is 0.214. The average molecular weight is 285 g/mol. The number of rotatable bonds is 5. The van der Waals surface area contributed by atoms with Crippen LogP contribution in [0.4, 0.5) is 17.3 Å². The first kappa shape index (κ1) is 14.6. The summed E-state index contributed by atoms with van der Waals surface area (Å²) in [5.74, 6) is 1.77. The zero-order valence-electron chi connectivity index (χ0n) is 11.8. The van der Waals surface area contributed by atoms with Crippen LogP contribution in [0, 0.1) is 11.3 Å². The van der Waals surface area contributed by atoms with Gasteiger partial charge in [0.1, 0.15) is 35.7 Å². The molecule has 0 aliphatic heterocycles. The lowest BCUT2D eigenvalue weighted by Crippen LogP contribution is -2.05. The molecule has 7 nitrogen and oxygen atoms in total. The molecule has 0 aliphatic carbocycles. The maximum absolute atomic E-state index is 9.19. The van der Waals surface area contributed by atoms with Crippen LogP contribution in [0.25, 0.3) is 0 Å². The van der Waals surface area contributed by atoms with Crippen LogP contribution in [0.1, 0.15) is 11.4 Å². The summed E-state index contributed by atoms with van der Waals surface area (Å²) in [5.41, 5.74) is 6.72. The van der Waals surface area contributed by atoms with E-state index in [1.807, 2.05) is 0 Å². The number of nitrogens with zero attached hydrogens (tertiary/aromatic N) is 3. The molecule has 2 aromatic rings. The lowest BCUT2D eigenvalue weighted by molar-refractivity contribution is 0.178. The van der Waals surface area contributed by atoms with E-state index in [1.54, 1.807) is 31.4 Å². The number of anilines is 3. The maximum Gasteiger partial charge on any atom is 0.158 e. The summed E-state index contributed by atoms with van der Waals surface area (Å²) in [5, 5.41) is 12.2. The average Bonchev–Trinajstić information content (AvgIpc) is 2.47. The van der Waals surface area contributed by atoms with Crippen LogP contribution in [0.15, 0.2) is 24.3 Å². The molecule has 2 rings (SSSR count). The second-order valence-corrected chi connectivity index (χ2v) is 4.15. The predicted octanol–water partition coefficient (Wildman–Crippen LogP) is 1.83. The van der Waals surface area contributed by atoms with Crippen LogP contribution in [0.5, 0.6) is 5.75 Å². The van der Waals surface area contributed by atoms with Crippen molar-refractivity contribution in [3.8, 4) is 11.8 Å². The van der Waals surface area contributed by atoms with E-state index < -0.39 is 0 Å². The molecule has 0 unspecified atom stereocenters. The second-order valence-electron chi connectivity index (χ2n) is 4.15. The van der Waals surface area contributed by atoms with Crippen molar-refractivity contribution < 1.29 is 9.47 Å². The number of para-hydroxylation sites is 1. The Morgan fingerprint density at radius 2 is 2.14 bits per heavy atom. The van der Waals surface area contributed by atoms with Crippen LogP contribution in [-0.4, -0.2) is 24.2 Å². The normalized spacial score (nSPS) is 9.95. The number of hydrogen-bond acceptors (Lipinski definition) is 7. The lowest BCUT2D eigenvalue weighted by Gasteiger charge is -2.13. The maximum atomic E-state index is 9.19. The standard InChI is InChI=1S/C14H15N5O2/c1-20-8-13-17-11(16)6-12(18-13)19-14-9(7-15)4-3-5-10(14)21-2/h3-6H,8H2,1-2H3,(H3,16,17,18,19). The largest absolute Gasteiger partial charge is 0.495 e. The van der Waals surface area contributed by atoms with Crippen molar-refractivity contribution in [1.82, 2.24) is 9.97 Å². The molecule has 21 heavy (non-hydrogen) atoms. The minimum Gasteiger partial charge on any atom is -0.495 e. The monoisotopic (exact) mass is 285 g/mol.